The molecule has 7 nitrogen and oxygen atoms in total. The fourth-order valence-corrected chi connectivity index (χ4v) is 5.64. The number of carbonyl (C=O) groups excluding carboxylic acids is 3. The SMILES string of the molecule is C[C@@]1(c2ccc(F)c(F)c2)NC(=O)N(CC(=O)N2CCC[C@@H](c3nc4ccccc4s3)C2)C1=O. The molecule has 10 heteroatoms. The van der Waals surface area contributed by atoms with Gasteiger partial charge in [-0.2, -0.15) is 0 Å². The Morgan fingerprint density at radius 1 is 1.21 bits per heavy atom. The second-order valence-electron chi connectivity index (χ2n) is 8.77. The average Bonchev–Trinajstić information content (AvgIpc) is 3.36. The largest absolute Gasteiger partial charge is 0.340 e. The molecule has 0 unspecified atom stereocenters. The molecule has 3 aromatic rings. The van der Waals surface area contributed by atoms with E-state index in [-0.39, 0.29) is 17.4 Å². The number of hydrogen-bond donors (Lipinski definition) is 1. The van der Waals surface area contributed by atoms with Crippen molar-refractivity contribution in [3.63, 3.8) is 0 Å². The molecule has 2 aliphatic rings. The number of piperidine rings is 1. The molecule has 4 amide bonds. The molecule has 2 fully saturated rings. The number of imide groups is 1. The van der Waals surface area contributed by atoms with Gasteiger partial charge in [0, 0.05) is 19.0 Å². The summed E-state index contributed by atoms with van der Waals surface area (Å²) in [6.45, 7) is 1.98. The van der Waals surface area contributed by atoms with Crippen molar-refractivity contribution >= 4 is 39.4 Å². The highest BCUT2D eigenvalue weighted by Gasteiger charge is 2.50. The minimum atomic E-state index is -1.59. The van der Waals surface area contributed by atoms with E-state index < -0.39 is 35.7 Å². The number of halogens is 2. The minimum absolute atomic E-state index is 0.0886. The Morgan fingerprint density at radius 2 is 2.00 bits per heavy atom. The molecule has 2 aromatic carbocycles. The number of hydrogen-bond acceptors (Lipinski definition) is 5. The van der Waals surface area contributed by atoms with Crippen LogP contribution in [-0.4, -0.2) is 52.3 Å². The quantitative estimate of drug-likeness (QED) is 0.572. The van der Waals surface area contributed by atoms with Gasteiger partial charge in [-0.1, -0.05) is 18.2 Å². The Labute approximate surface area is 198 Å². The highest BCUT2D eigenvalue weighted by molar-refractivity contribution is 7.18. The first-order chi connectivity index (χ1) is 16.3. The topological polar surface area (TPSA) is 82.6 Å². The Morgan fingerprint density at radius 3 is 2.76 bits per heavy atom. The molecular weight excluding hydrogens is 462 g/mol. The van der Waals surface area contributed by atoms with E-state index in [9.17, 15) is 23.2 Å². The lowest BCUT2D eigenvalue weighted by atomic mass is 9.92. The first-order valence-corrected chi connectivity index (χ1v) is 11.8. The molecule has 2 aliphatic heterocycles. The highest BCUT2D eigenvalue weighted by atomic mass is 32.1. The third-order valence-electron chi connectivity index (χ3n) is 6.50. The maximum absolute atomic E-state index is 13.7. The van der Waals surface area contributed by atoms with E-state index in [1.807, 2.05) is 24.3 Å². The molecule has 2 atom stereocenters. The van der Waals surface area contributed by atoms with E-state index in [2.05, 4.69) is 5.32 Å². The zero-order chi connectivity index (χ0) is 24.0. The van der Waals surface area contributed by atoms with Crippen LogP contribution < -0.4 is 5.32 Å². The van der Waals surface area contributed by atoms with Gasteiger partial charge < -0.3 is 10.2 Å². The zero-order valence-electron chi connectivity index (χ0n) is 18.4. The van der Waals surface area contributed by atoms with Crippen LogP contribution >= 0.6 is 11.3 Å². The number of nitrogens with zero attached hydrogens (tertiary/aromatic N) is 3. The number of para-hydroxylation sites is 1. The zero-order valence-corrected chi connectivity index (χ0v) is 19.2. The number of likely N-dealkylation sites (tertiary alicyclic amines) is 1. The van der Waals surface area contributed by atoms with Gasteiger partial charge in [0.05, 0.1) is 15.2 Å². The van der Waals surface area contributed by atoms with Crippen LogP contribution in [0.4, 0.5) is 13.6 Å². The second kappa shape index (κ2) is 8.43. The van der Waals surface area contributed by atoms with Crippen molar-refractivity contribution in [2.24, 2.45) is 0 Å². The molecule has 3 heterocycles. The molecule has 1 aromatic heterocycles. The summed E-state index contributed by atoms with van der Waals surface area (Å²) < 4.78 is 28.2. The Hall–Kier alpha value is -3.40. The number of benzene rings is 2. The van der Waals surface area contributed by atoms with Crippen LogP contribution in [0.5, 0.6) is 0 Å². The van der Waals surface area contributed by atoms with Gasteiger partial charge >= 0.3 is 6.03 Å². The number of thiazole rings is 1. The van der Waals surface area contributed by atoms with E-state index in [1.54, 1.807) is 16.2 Å². The second-order valence-corrected chi connectivity index (χ2v) is 9.84. The molecule has 0 saturated carbocycles. The molecule has 5 rings (SSSR count). The minimum Gasteiger partial charge on any atom is -0.340 e. The van der Waals surface area contributed by atoms with E-state index in [4.69, 9.17) is 4.98 Å². The molecule has 176 valence electrons. The predicted molar refractivity (Wildman–Crippen MR) is 122 cm³/mol. The van der Waals surface area contributed by atoms with E-state index in [0.717, 1.165) is 45.1 Å². The number of aromatic nitrogens is 1. The highest BCUT2D eigenvalue weighted by Crippen LogP contribution is 2.34. The van der Waals surface area contributed by atoms with Crippen molar-refractivity contribution < 1.29 is 23.2 Å². The fourth-order valence-electron chi connectivity index (χ4n) is 4.55. The molecule has 1 N–H and O–H groups in total. The lowest BCUT2D eigenvalue weighted by molar-refractivity contribution is -0.139. The maximum atomic E-state index is 13.7. The van der Waals surface area contributed by atoms with Crippen LogP contribution in [0.15, 0.2) is 42.5 Å². The van der Waals surface area contributed by atoms with E-state index in [0.29, 0.717) is 13.1 Å². The van der Waals surface area contributed by atoms with E-state index >= 15 is 0 Å². The molecule has 0 bridgehead atoms. The normalized spacial score (nSPS) is 23.0. The van der Waals surface area contributed by atoms with Gasteiger partial charge in [0.15, 0.2) is 11.6 Å². The molecule has 34 heavy (non-hydrogen) atoms. The number of amides is 4. The summed E-state index contributed by atoms with van der Waals surface area (Å²) >= 11 is 1.62. The third-order valence-corrected chi connectivity index (χ3v) is 7.70. The molecule has 2 saturated heterocycles. The number of fused-ring (bicyclic) bond motifs is 1. The summed E-state index contributed by atoms with van der Waals surface area (Å²) in [5.74, 6) is -3.11. The predicted octanol–water partition coefficient (Wildman–Crippen LogP) is 3.75. The number of nitrogens with one attached hydrogen (secondary N) is 1. The van der Waals surface area contributed by atoms with Gasteiger partial charge in [-0.25, -0.2) is 18.6 Å². The lowest BCUT2D eigenvalue weighted by Gasteiger charge is -2.32. The maximum Gasteiger partial charge on any atom is 0.325 e. The first kappa shape index (κ1) is 22.4. The monoisotopic (exact) mass is 484 g/mol. The Bertz CT molecular complexity index is 1280. The van der Waals surface area contributed by atoms with Crippen LogP contribution in [0.1, 0.15) is 36.3 Å². The van der Waals surface area contributed by atoms with Gasteiger partial charge in [0.25, 0.3) is 5.91 Å². The average molecular weight is 485 g/mol. The van der Waals surface area contributed by atoms with Gasteiger partial charge in [-0.15, -0.1) is 11.3 Å². The summed E-state index contributed by atoms with van der Waals surface area (Å²) in [5.41, 5.74) is -0.549. The summed E-state index contributed by atoms with van der Waals surface area (Å²) in [4.78, 5) is 45.9. The summed E-state index contributed by atoms with van der Waals surface area (Å²) in [6.07, 6.45) is 1.69. The van der Waals surface area contributed by atoms with Gasteiger partial charge in [0.1, 0.15) is 12.1 Å². The molecular formula is C24H22F2N4O3S. The Balaban J connectivity index is 1.30. The van der Waals surface area contributed by atoms with Crippen molar-refractivity contribution in [1.82, 2.24) is 20.1 Å². The number of urea groups is 1. The summed E-state index contributed by atoms with van der Waals surface area (Å²) in [7, 11) is 0. The van der Waals surface area contributed by atoms with Crippen molar-refractivity contribution in [3.05, 3.63) is 64.7 Å². The lowest BCUT2D eigenvalue weighted by Crippen LogP contribution is -2.47. The van der Waals surface area contributed by atoms with Crippen LogP contribution in [0.2, 0.25) is 0 Å². The van der Waals surface area contributed by atoms with Gasteiger partial charge in [-0.3, -0.25) is 14.5 Å². The van der Waals surface area contributed by atoms with Crippen LogP contribution in [0.3, 0.4) is 0 Å². The summed E-state index contributed by atoms with van der Waals surface area (Å²) in [6, 6.07) is 10.2. The smallest absolute Gasteiger partial charge is 0.325 e. The van der Waals surface area contributed by atoms with Crippen LogP contribution in [0.25, 0.3) is 10.2 Å². The van der Waals surface area contributed by atoms with E-state index in [1.165, 1.54) is 13.0 Å². The van der Waals surface area contributed by atoms with Gasteiger partial charge in [-0.05, 0) is 49.6 Å². The number of carbonyl (C=O) groups is 3. The van der Waals surface area contributed by atoms with Gasteiger partial charge in [0.2, 0.25) is 5.91 Å². The first-order valence-electron chi connectivity index (χ1n) is 11.0. The molecule has 0 radical (unpaired) electrons. The fraction of sp³-hybridized carbons (Fsp3) is 0.333. The van der Waals surface area contributed by atoms with Crippen molar-refractivity contribution in [2.45, 2.75) is 31.2 Å². The standard InChI is InChI=1S/C24H22F2N4O3S/c1-24(15-8-9-16(25)17(26)11-15)22(32)30(23(33)28-24)13-20(31)29-10-4-5-14(12-29)21-27-18-6-2-3-7-19(18)34-21/h2-3,6-9,11,14H,4-5,10,12-13H2,1H3,(H,28,33)/t14-,24+/m1/s1. The van der Waals surface area contributed by atoms with Crippen LogP contribution in [0, 0.1) is 11.6 Å². The van der Waals surface area contributed by atoms with Crippen molar-refractivity contribution in [3.8, 4) is 0 Å². The molecule has 0 aliphatic carbocycles. The Kier molecular flexibility index (Phi) is 5.55. The molecule has 0 spiro atoms. The van der Waals surface area contributed by atoms with Crippen LogP contribution in [-0.2, 0) is 15.1 Å². The van der Waals surface area contributed by atoms with Crippen molar-refractivity contribution in [2.75, 3.05) is 19.6 Å². The third kappa shape index (κ3) is 3.81. The number of rotatable bonds is 4. The van der Waals surface area contributed by atoms with Crippen molar-refractivity contribution in [1.29, 1.82) is 0 Å². The summed E-state index contributed by atoms with van der Waals surface area (Å²) in [5, 5.41) is 3.49.